The van der Waals surface area contributed by atoms with E-state index in [-0.39, 0.29) is 0 Å². The molecule has 0 saturated carbocycles. The van der Waals surface area contributed by atoms with Crippen LogP contribution in [0.15, 0.2) is 0 Å². The van der Waals surface area contributed by atoms with Gasteiger partial charge in [0.05, 0.1) is 13.2 Å². The van der Waals surface area contributed by atoms with Crippen LogP contribution in [-0.4, -0.2) is 33.1 Å². The Balaban J connectivity index is 2.02. The van der Waals surface area contributed by atoms with Gasteiger partial charge in [0.1, 0.15) is 6.73 Å². The molecule has 0 spiro atoms. The number of hydrogen-bond donors (Lipinski definition) is 0. The maximum atomic E-state index is 5.23. The minimum atomic E-state index is 0.494. The largest absolute Gasteiger partial charge is 0.381 e. The molecule has 1 aliphatic rings. The van der Waals surface area contributed by atoms with Gasteiger partial charge >= 0.3 is 0 Å². The summed E-state index contributed by atoms with van der Waals surface area (Å²) >= 11 is 0. The fourth-order valence-electron chi connectivity index (χ4n) is 0.957. The highest BCUT2D eigenvalue weighted by Gasteiger charge is 2.13. The summed E-state index contributed by atoms with van der Waals surface area (Å²) in [6.07, 6.45) is 0. The molecule has 1 fully saturated rings. The maximum Gasteiger partial charge on any atom is 0.112 e. The fraction of sp³-hybridized carbons (Fsp3) is 1.00. The highest BCUT2D eigenvalue weighted by molar-refractivity contribution is 4.62. The second-order valence-electron chi connectivity index (χ2n) is 2.43. The van der Waals surface area contributed by atoms with E-state index in [2.05, 4.69) is 5.32 Å². The lowest BCUT2D eigenvalue weighted by Crippen LogP contribution is -2.32. The third-order valence-corrected chi connectivity index (χ3v) is 1.48. The van der Waals surface area contributed by atoms with E-state index in [0.717, 1.165) is 26.4 Å². The molecule has 3 nitrogen and oxygen atoms in total. The molecule has 0 N–H and O–H groups in total. The summed E-state index contributed by atoms with van der Waals surface area (Å²) in [6.45, 7) is 5.86. The monoisotopic (exact) mass is 144 g/mol. The lowest BCUT2D eigenvalue weighted by atomic mass is 10.1. The maximum absolute atomic E-state index is 5.23. The Labute approximate surface area is 61.7 Å². The van der Waals surface area contributed by atoms with E-state index in [1.807, 2.05) is 6.92 Å². The SMILES string of the molecule is CCOCC1C[N]COC1. The van der Waals surface area contributed by atoms with Crippen LogP contribution < -0.4 is 5.32 Å². The van der Waals surface area contributed by atoms with Crippen LogP contribution in [0.1, 0.15) is 6.92 Å². The number of nitrogens with zero attached hydrogens (tertiary/aromatic N) is 1. The molecule has 0 aliphatic carbocycles. The molecule has 0 aromatic carbocycles. The molecule has 1 radical (unpaired) electrons. The summed E-state index contributed by atoms with van der Waals surface area (Å²) in [6, 6.07) is 0. The Morgan fingerprint density at radius 3 is 3.20 bits per heavy atom. The van der Waals surface area contributed by atoms with Gasteiger partial charge in [0.25, 0.3) is 0 Å². The Bertz CT molecular complexity index is 81.7. The quantitative estimate of drug-likeness (QED) is 0.568. The highest BCUT2D eigenvalue weighted by Crippen LogP contribution is 2.01. The molecule has 10 heavy (non-hydrogen) atoms. The van der Waals surface area contributed by atoms with E-state index in [1.54, 1.807) is 0 Å². The number of ether oxygens (including phenoxy) is 2. The molecule has 1 atom stereocenters. The van der Waals surface area contributed by atoms with Crippen molar-refractivity contribution in [3.05, 3.63) is 0 Å². The second kappa shape index (κ2) is 4.66. The topological polar surface area (TPSA) is 32.6 Å². The zero-order valence-electron chi connectivity index (χ0n) is 6.38. The minimum Gasteiger partial charge on any atom is -0.381 e. The van der Waals surface area contributed by atoms with E-state index in [1.165, 1.54) is 0 Å². The molecule has 59 valence electrons. The van der Waals surface area contributed by atoms with Gasteiger partial charge in [-0.3, -0.25) is 0 Å². The van der Waals surface area contributed by atoms with Crippen molar-refractivity contribution in [2.24, 2.45) is 5.92 Å². The Morgan fingerprint density at radius 1 is 1.70 bits per heavy atom. The molecule has 1 unspecified atom stereocenters. The van der Waals surface area contributed by atoms with Crippen molar-refractivity contribution in [1.29, 1.82) is 0 Å². The summed E-state index contributed by atoms with van der Waals surface area (Å²) in [4.78, 5) is 0. The predicted octanol–water partition coefficient (Wildman–Crippen LogP) is 0.231. The van der Waals surface area contributed by atoms with Crippen molar-refractivity contribution < 1.29 is 9.47 Å². The van der Waals surface area contributed by atoms with Crippen molar-refractivity contribution >= 4 is 0 Å². The van der Waals surface area contributed by atoms with Crippen LogP contribution in [0.25, 0.3) is 0 Å². The van der Waals surface area contributed by atoms with E-state index in [9.17, 15) is 0 Å². The van der Waals surface area contributed by atoms with Crippen molar-refractivity contribution in [2.75, 3.05) is 33.1 Å². The lowest BCUT2D eigenvalue weighted by molar-refractivity contribution is 0.00276. The number of rotatable bonds is 3. The van der Waals surface area contributed by atoms with Crippen molar-refractivity contribution in [3.63, 3.8) is 0 Å². The second-order valence-corrected chi connectivity index (χ2v) is 2.43. The lowest BCUT2D eigenvalue weighted by Gasteiger charge is -2.21. The number of hydrogen-bond acceptors (Lipinski definition) is 2. The summed E-state index contributed by atoms with van der Waals surface area (Å²) in [7, 11) is 0. The standard InChI is InChI=1S/C7H14NO2/c1-2-9-4-7-3-8-6-10-5-7/h7H,2-6H2,1H3. The molecule has 0 amide bonds. The molecular formula is C7H14NO2. The van der Waals surface area contributed by atoms with Gasteiger partial charge in [-0.2, -0.15) is 0 Å². The average Bonchev–Trinajstić information content (AvgIpc) is 2.03. The van der Waals surface area contributed by atoms with Crippen molar-refractivity contribution in [2.45, 2.75) is 6.92 Å². The van der Waals surface area contributed by atoms with Gasteiger partial charge in [0.15, 0.2) is 0 Å². The van der Waals surface area contributed by atoms with E-state index in [0.29, 0.717) is 12.6 Å². The third kappa shape index (κ3) is 2.64. The van der Waals surface area contributed by atoms with Crippen LogP contribution in [0.4, 0.5) is 0 Å². The zero-order valence-corrected chi connectivity index (χ0v) is 6.38. The molecule has 0 bridgehead atoms. The van der Waals surface area contributed by atoms with E-state index >= 15 is 0 Å². The van der Waals surface area contributed by atoms with Gasteiger partial charge < -0.3 is 9.47 Å². The van der Waals surface area contributed by atoms with Gasteiger partial charge in [0.2, 0.25) is 0 Å². The normalized spacial score (nSPS) is 26.7. The van der Waals surface area contributed by atoms with Crippen molar-refractivity contribution in [1.82, 2.24) is 5.32 Å². The molecule has 0 aromatic rings. The molecule has 0 aromatic heterocycles. The van der Waals surface area contributed by atoms with E-state index < -0.39 is 0 Å². The summed E-state index contributed by atoms with van der Waals surface area (Å²) < 4.78 is 10.4. The van der Waals surface area contributed by atoms with Gasteiger partial charge in [0, 0.05) is 19.1 Å². The molecule has 1 saturated heterocycles. The highest BCUT2D eigenvalue weighted by atomic mass is 16.5. The van der Waals surface area contributed by atoms with Crippen LogP contribution in [-0.2, 0) is 9.47 Å². The van der Waals surface area contributed by atoms with Gasteiger partial charge in [-0.1, -0.05) is 0 Å². The molecule has 1 heterocycles. The molecule has 1 rings (SSSR count). The molecular weight excluding hydrogens is 130 g/mol. The van der Waals surface area contributed by atoms with Gasteiger partial charge in [-0.05, 0) is 6.92 Å². The summed E-state index contributed by atoms with van der Waals surface area (Å²) in [5.41, 5.74) is 0. The van der Waals surface area contributed by atoms with Crippen LogP contribution >= 0.6 is 0 Å². The first-order chi connectivity index (χ1) is 4.93. The molecule has 1 aliphatic heterocycles. The fourth-order valence-corrected chi connectivity index (χ4v) is 0.957. The average molecular weight is 144 g/mol. The predicted molar refractivity (Wildman–Crippen MR) is 37.8 cm³/mol. The van der Waals surface area contributed by atoms with Crippen LogP contribution in [0, 0.1) is 5.92 Å². The molecule has 3 heteroatoms. The smallest absolute Gasteiger partial charge is 0.112 e. The van der Waals surface area contributed by atoms with Gasteiger partial charge in [-0.15, -0.1) is 0 Å². The van der Waals surface area contributed by atoms with E-state index in [4.69, 9.17) is 9.47 Å². The Kier molecular flexibility index (Phi) is 3.72. The van der Waals surface area contributed by atoms with Gasteiger partial charge in [-0.25, -0.2) is 5.32 Å². The van der Waals surface area contributed by atoms with Crippen LogP contribution in [0.2, 0.25) is 0 Å². The third-order valence-electron chi connectivity index (χ3n) is 1.48. The Morgan fingerprint density at radius 2 is 2.60 bits per heavy atom. The van der Waals surface area contributed by atoms with Crippen molar-refractivity contribution in [3.8, 4) is 0 Å². The first-order valence-corrected chi connectivity index (χ1v) is 3.72. The first kappa shape index (κ1) is 7.98. The van der Waals surface area contributed by atoms with Crippen LogP contribution in [0.5, 0.6) is 0 Å². The zero-order chi connectivity index (χ0) is 7.23. The Hall–Kier alpha value is -0.120. The summed E-state index contributed by atoms with van der Waals surface area (Å²) in [5.74, 6) is 0.494. The summed E-state index contributed by atoms with van der Waals surface area (Å²) in [5, 5.41) is 4.11. The minimum absolute atomic E-state index is 0.494. The van der Waals surface area contributed by atoms with Crippen LogP contribution in [0.3, 0.4) is 0 Å². The first-order valence-electron chi connectivity index (χ1n) is 3.72.